The molecule has 4 aliphatic carbocycles. The van der Waals surface area contributed by atoms with Gasteiger partial charge in [-0.05, 0) is 92.5 Å². The number of carbonyl (C=O) groups is 1. The van der Waals surface area contributed by atoms with Crippen molar-refractivity contribution in [3.8, 4) is 0 Å². The van der Waals surface area contributed by atoms with Gasteiger partial charge in [-0.2, -0.15) is 0 Å². The van der Waals surface area contributed by atoms with Gasteiger partial charge in [-0.25, -0.2) is 23.1 Å². The van der Waals surface area contributed by atoms with E-state index in [-0.39, 0.29) is 33.0 Å². The van der Waals surface area contributed by atoms with Crippen molar-refractivity contribution in [1.82, 2.24) is 9.97 Å². The van der Waals surface area contributed by atoms with Crippen LogP contribution in [0.1, 0.15) is 58.1 Å². The highest BCUT2D eigenvalue weighted by Crippen LogP contribution is 2.69. The van der Waals surface area contributed by atoms with E-state index < -0.39 is 10.0 Å². The minimum atomic E-state index is -3.82. The van der Waals surface area contributed by atoms with E-state index in [1.807, 2.05) is 0 Å². The number of hydrogen-bond donors (Lipinski definition) is 2. The minimum absolute atomic E-state index is 0.0335. The fraction of sp³-hybridized carbons (Fsp3) is 0.542. The molecule has 4 bridgehead atoms. The fourth-order valence-corrected chi connectivity index (χ4v) is 8.31. The first-order valence-corrected chi connectivity index (χ1v) is 12.7. The number of aromatic nitrogens is 2. The van der Waals surface area contributed by atoms with Crippen molar-refractivity contribution < 1.29 is 13.2 Å². The van der Waals surface area contributed by atoms with Crippen molar-refractivity contribution in [2.75, 3.05) is 10.0 Å². The maximum atomic E-state index is 13.4. The molecule has 32 heavy (non-hydrogen) atoms. The molecular weight excluding hydrogens is 424 g/mol. The number of sulfonamides is 1. The number of nitrogens with one attached hydrogen (secondary N) is 2. The van der Waals surface area contributed by atoms with Crippen LogP contribution in [0.2, 0.25) is 0 Å². The minimum Gasteiger partial charge on any atom is -0.326 e. The maximum Gasteiger partial charge on any atom is 0.264 e. The number of amides is 1. The number of rotatable bonds is 5. The molecule has 0 aliphatic heterocycles. The molecule has 1 heterocycles. The van der Waals surface area contributed by atoms with Crippen LogP contribution in [0.15, 0.2) is 41.4 Å². The van der Waals surface area contributed by atoms with E-state index in [0.29, 0.717) is 17.3 Å². The highest BCUT2D eigenvalue weighted by atomic mass is 32.2. The molecule has 4 fully saturated rings. The van der Waals surface area contributed by atoms with E-state index >= 15 is 0 Å². The molecule has 1 aromatic heterocycles. The van der Waals surface area contributed by atoms with E-state index in [1.54, 1.807) is 25.1 Å². The van der Waals surface area contributed by atoms with Gasteiger partial charge in [-0.3, -0.25) is 4.79 Å². The molecule has 4 saturated carbocycles. The molecule has 170 valence electrons. The Labute approximate surface area is 189 Å². The van der Waals surface area contributed by atoms with Crippen molar-refractivity contribution in [3.05, 3.63) is 42.2 Å². The summed E-state index contributed by atoms with van der Waals surface area (Å²) in [4.78, 5) is 21.6. The number of carbonyl (C=O) groups excluding carboxylic acids is 1. The summed E-state index contributed by atoms with van der Waals surface area (Å²) in [5.74, 6) is 0.751. The monoisotopic (exact) mass is 454 g/mol. The molecule has 2 N–H and O–H groups in total. The van der Waals surface area contributed by atoms with Crippen molar-refractivity contribution in [3.63, 3.8) is 0 Å². The van der Waals surface area contributed by atoms with Gasteiger partial charge in [0.1, 0.15) is 0 Å². The topological polar surface area (TPSA) is 101 Å². The average Bonchev–Trinajstić information content (AvgIpc) is 2.65. The van der Waals surface area contributed by atoms with E-state index in [1.165, 1.54) is 37.6 Å². The lowest BCUT2D eigenvalue weighted by Gasteiger charge is -2.64. The molecule has 0 radical (unpaired) electrons. The van der Waals surface area contributed by atoms with Crippen LogP contribution in [0.5, 0.6) is 0 Å². The molecule has 1 aromatic carbocycles. The Morgan fingerprint density at radius 1 is 1.00 bits per heavy atom. The van der Waals surface area contributed by atoms with Gasteiger partial charge in [-0.15, -0.1) is 0 Å². The standard InChI is InChI=1S/C24H30N4O3S/c1-16-8-9-25-21(26-16)28-32(30,31)19-6-4-18(5-7-19)27-20(29)24-12-17-10-22(2,14-24)13-23(3,11-17)15-24/h4-9,17H,10-15H2,1-3H3,(H,27,29)(H,25,26,28)/t17?,22-,23-,24?/m1/s1. The Balaban J connectivity index is 1.31. The van der Waals surface area contributed by atoms with Crippen molar-refractivity contribution in [2.24, 2.45) is 22.2 Å². The Morgan fingerprint density at radius 3 is 2.25 bits per heavy atom. The number of benzene rings is 1. The number of nitrogens with zero attached hydrogens (tertiary/aromatic N) is 2. The Kier molecular flexibility index (Phi) is 4.68. The molecule has 2 atom stereocenters. The van der Waals surface area contributed by atoms with Crippen LogP contribution < -0.4 is 10.0 Å². The summed E-state index contributed by atoms with van der Waals surface area (Å²) in [6.07, 6.45) is 8.07. The van der Waals surface area contributed by atoms with Crippen LogP contribution in [-0.2, 0) is 14.8 Å². The van der Waals surface area contributed by atoms with Gasteiger partial charge in [0.2, 0.25) is 11.9 Å². The summed E-state index contributed by atoms with van der Waals surface area (Å²) < 4.78 is 27.7. The Morgan fingerprint density at radius 2 is 1.66 bits per heavy atom. The van der Waals surface area contributed by atoms with Crippen molar-refractivity contribution in [1.29, 1.82) is 0 Å². The highest BCUT2D eigenvalue weighted by molar-refractivity contribution is 7.92. The first-order valence-electron chi connectivity index (χ1n) is 11.2. The molecule has 2 aromatic rings. The van der Waals surface area contributed by atoms with Gasteiger partial charge in [0.15, 0.2) is 0 Å². The second-order valence-corrected chi connectivity index (χ2v) is 12.7. The average molecular weight is 455 g/mol. The van der Waals surface area contributed by atoms with Crippen molar-refractivity contribution >= 4 is 27.6 Å². The molecule has 0 unspecified atom stereocenters. The second-order valence-electron chi connectivity index (χ2n) is 11.0. The normalized spacial score (nSPS) is 33.2. The molecule has 0 saturated heterocycles. The second kappa shape index (κ2) is 7.01. The predicted molar refractivity (Wildman–Crippen MR) is 122 cm³/mol. The third-order valence-electron chi connectivity index (χ3n) is 7.55. The summed E-state index contributed by atoms with van der Waals surface area (Å²) in [6, 6.07) is 7.98. The Hall–Kier alpha value is -2.48. The SMILES string of the molecule is Cc1ccnc(NS(=O)(=O)c2ccc(NC(=O)C34CC5C[C@@](C)(C3)C[C@@](C)(C5)C4)cc2)n1. The van der Waals surface area contributed by atoms with E-state index in [4.69, 9.17) is 0 Å². The first-order chi connectivity index (χ1) is 15.0. The van der Waals surface area contributed by atoms with Gasteiger partial charge < -0.3 is 5.32 Å². The van der Waals surface area contributed by atoms with Crippen LogP contribution in [0.4, 0.5) is 11.6 Å². The lowest BCUT2D eigenvalue weighted by molar-refractivity contribution is -0.165. The quantitative estimate of drug-likeness (QED) is 0.692. The molecule has 6 rings (SSSR count). The van der Waals surface area contributed by atoms with Gasteiger partial charge in [0, 0.05) is 17.6 Å². The molecular formula is C24H30N4O3S. The zero-order valence-electron chi connectivity index (χ0n) is 18.8. The lowest BCUT2D eigenvalue weighted by atomic mass is 9.40. The molecule has 4 aliphatic rings. The Bertz CT molecular complexity index is 1160. The zero-order chi connectivity index (χ0) is 22.8. The van der Waals surface area contributed by atoms with Crippen molar-refractivity contribution in [2.45, 2.75) is 64.2 Å². The third-order valence-corrected chi connectivity index (χ3v) is 8.89. The van der Waals surface area contributed by atoms with Gasteiger partial charge in [-0.1, -0.05) is 13.8 Å². The van der Waals surface area contributed by atoms with Crippen LogP contribution in [0.25, 0.3) is 0 Å². The number of hydrogen-bond acceptors (Lipinski definition) is 5. The van der Waals surface area contributed by atoms with E-state index in [2.05, 4.69) is 33.9 Å². The molecule has 0 spiro atoms. The summed E-state index contributed by atoms with van der Waals surface area (Å²) in [7, 11) is -3.82. The van der Waals surface area contributed by atoms with E-state index in [0.717, 1.165) is 19.3 Å². The number of aryl methyl sites for hydroxylation is 1. The summed E-state index contributed by atoms with van der Waals surface area (Å²) in [5, 5.41) is 3.09. The molecule has 1 amide bonds. The van der Waals surface area contributed by atoms with Crippen LogP contribution in [0.3, 0.4) is 0 Å². The van der Waals surface area contributed by atoms with Gasteiger partial charge in [0.25, 0.3) is 10.0 Å². The van der Waals surface area contributed by atoms with Gasteiger partial charge >= 0.3 is 0 Å². The molecule has 7 nitrogen and oxygen atoms in total. The predicted octanol–water partition coefficient (Wildman–Crippen LogP) is 4.52. The fourth-order valence-electron chi connectivity index (χ4n) is 7.36. The zero-order valence-corrected chi connectivity index (χ0v) is 19.6. The third kappa shape index (κ3) is 3.78. The largest absolute Gasteiger partial charge is 0.326 e. The highest BCUT2D eigenvalue weighted by Gasteiger charge is 2.62. The summed E-state index contributed by atoms with van der Waals surface area (Å²) >= 11 is 0. The first kappa shape index (κ1) is 21.4. The van der Waals surface area contributed by atoms with Crippen LogP contribution in [0, 0.1) is 29.1 Å². The van der Waals surface area contributed by atoms with Crippen LogP contribution >= 0.6 is 0 Å². The molecule has 8 heteroatoms. The van der Waals surface area contributed by atoms with Crippen LogP contribution in [-0.4, -0.2) is 24.3 Å². The summed E-state index contributed by atoms with van der Waals surface area (Å²) in [5.41, 5.74) is 1.49. The lowest BCUT2D eigenvalue weighted by Crippen LogP contribution is -2.58. The maximum absolute atomic E-state index is 13.4. The smallest absolute Gasteiger partial charge is 0.264 e. The van der Waals surface area contributed by atoms with E-state index in [9.17, 15) is 13.2 Å². The number of anilines is 2. The van der Waals surface area contributed by atoms with Gasteiger partial charge in [0.05, 0.1) is 10.3 Å². The summed E-state index contributed by atoms with van der Waals surface area (Å²) in [6.45, 7) is 6.46.